The van der Waals surface area contributed by atoms with Gasteiger partial charge in [0.25, 0.3) is 0 Å². The molecule has 0 N–H and O–H groups in total. The lowest BCUT2D eigenvalue weighted by Crippen LogP contribution is -2.37. The molecule has 8 heteroatoms. The first-order valence-electron chi connectivity index (χ1n) is 9.34. The molecule has 0 spiro atoms. The standard InChI is InChI=1S/C19H24N6OS/c1-14(2)24-10-8-15(9-11-24)18-21-17(12-27-18)19(25-13-20-22-23-25)26-16-6-4-3-5-7-16/h3-7,12-15,19H,8-11H2,1-2H3. The molecule has 3 aromatic rings. The maximum absolute atomic E-state index is 6.15. The molecular weight excluding hydrogens is 360 g/mol. The topological polar surface area (TPSA) is 69.0 Å². The summed E-state index contributed by atoms with van der Waals surface area (Å²) >= 11 is 1.71. The Morgan fingerprint density at radius 2 is 1.93 bits per heavy atom. The van der Waals surface area contributed by atoms with E-state index in [-0.39, 0.29) is 0 Å². The number of para-hydroxylation sites is 1. The summed E-state index contributed by atoms with van der Waals surface area (Å²) in [4.78, 5) is 7.45. The molecule has 0 aliphatic carbocycles. The maximum Gasteiger partial charge on any atom is 0.238 e. The Kier molecular flexibility index (Phi) is 5.45. The molecule has 1 saturated heterocycles. The number of aromatic nitrogens is 5. The highest BCUT2D eigenvalue weighted by Crippen LogP contribution is 2.33. The number of nitrogens with zero attached hydrogens (tertiary/aromatic N) is 6. The number of rotatable bonds is 6. The van der Waals surface area contributed by atoms with Crippen molar-refractivity contribution in [2.45, 2.75) is 44.9 Å². The van der Waals surface area contributed by atoms with Crippen molar-refractivity contribution in [1.29, 1.82) is 0 Å². The van der Waals surface area contributed by atoms with E-state index in [1.165, 1.54) is 5.01 Å². The van der Waals surface area contributed by atoms with Crippen LogP contribution in [-0.4, -0.2) is 49.2 Å². The lowest BCUT2D eigenvalue weighted by Gasteiger charge is -2.33. The summed E-state index contributed by atoms with van der Waals surface area (Å²) in [5, 5.41) is 14.8. The van der Waals surface area contributed by atoms with Crippen LogP contribution in [0, 0.1) is 0 Å². The Labute approximate surface area is 163 Å². The van der Waals surface area contributed by atoms with Crippen molar-refractivity contribution in [1.82, 2.24) is 30.1 Å². The highest BCUT2D eigenvalue weighted by Gasteiger charge is 2.26. The molecule has 2 aromatic heterocycles. The summed E-state index contributed by atoms with van der Waals surface area (Å²) in [6.07, 6.45) is 3.40. The van der Waals surface area contributed by atoms with E-state index in [4.69, 9.17) is 9.72 Å². The molecule has 0 amide bonds. The normalized spacial score (nSPS) is 17.3. The van der Waals surface area contributed by atoms with Crippen molar-refractivity contribution < 1.29 is 4.74 Å². The van der Waals surface area contributed by atoms with E-state index in [1.807, 2.05) is 30.3 Å². The second-order valence-corrected chi connectivity index (χ2v) is 7.98. The third-order valence-corrected chi connectivity index (χ3v) is 6.02. The molecule has 1 unspecified atom stereocenters. The zero-order chi connectivity index (χ0) is 18.6. The second kappa shape index (κ2) is 8.14. The summed E-state index contributed by atoms with van der Waals surface area (Å²) in [6.45, 7) is 6.79. The fourth-order valence-corrected chi connectivity index (χ4v) is 4.41. The molecule has 7 nitrogen and oxygen atoms in total. The molecule has 0 bridgehead atoms. The van der Waals surface area contributed by atoms with Gasteiger partial charge in [0.05, 0.1) is 5.01 Å². The second-order valence-electron chi connectivity index (χ2n) is 7.09. The first kappa shape index (κ1) is 18.1. The molecule has 3 heterocycles. The molecule has 142 valence electrons. The van der Waals surface area contributed by atoms with Crippen molar-refractivity contribution in [3.63, 3.8) is 0 Å². The molecule has 1 aliphatic heterocycles. The number of ether oxygens (including phenoxy) is 1. The lowest BCUT2D eigenvalue weighted by molar-refractivity contribution is 0.151. The Hall–Kier alpha value is -2.32. The minimum Gasteiger partial charge on any atom is -0.463 e. The molecule has 27 heavy (non-hydrogen) atoms. The van der Waals surface area contributed by atoms with E-state index in [2.05, 4.69) is 39.7 Å². The average Bonchev–Trinajstić information content (AvgIpc) is 3.39. The van der Waals surface area contributed by atoms with Gasteiger partial charge in [0, 0.05) is 17.3 Å². The zero-order valence-electron chi connectivity index (χ0n) is 15.6. The Balaban J connectivity index is 1.52. The van der Waals surface area contributed by atoms with Crippen molar-refractivity contribution in [2.75, 3.05) is 13.1 Å². The average molecular weight is 385 g/mol. The summed E-state index contributed by atoms with van der Waals surface area (Å²) in [5.74, 6) is 1.28. The first-order chi connectivity index (χ1) is 13.2. The van der Waals surface area contributed by atoms with Crippen molar-refractivity contribution >= 4 is 11.3 Å². The fraction of sp³-hybridized carbons (Fsp3) is 0.474. The molecule has 1 fully saturated rings. The van der Waals surface area contributed by atoms with Gasteiger partial charge >= 0.3 is 0 Å². The van der Waals surface area contributed by atoms with E-state index in [9.17, 15) is 0 Å². The van der Waals surface area contributed by atoms with Gasteiger partial charge in [-0.1, -0.05) is 18.2 Å². The summed E-state index contributed by atoms with van der Waals surface area (Å²) in [7, 11) is 0. The van der Waals surface area contributed by atoms with E-state index >= 15 is 0 Å². The number of thiazole rings is 1. The highest BCUT2D eigenvalue weighted by atomic mass is 32.1. The Bertz CT molecular complexity index is 827. The minimum atomic E-state index is -0.469. The summed E-state index contributed by atoms with van der Waals surface area (Å²) in [5.41, 5.74) is 0.845. The van der Waals surface area contributed by atoms with Crippen LogP contribution in [0.5, 0.6) is 5.75 Å². The summed E-state index contributed by atoms with van der Waals surface area (Å²) < 4.78 is 7.75. The minimum absolute atomic E-state index is 0.469. The van der Waals surface area contributed by atoms with Crippen LogP contribution >= 0.6 is 11.3 Å². The van der Waals surface area contributed by atoms with Crippen LogP contribution in [0.15, 0.2) is 42.0 Å². The number of tetrazole rings is 1. The van der Waals surface area contributed by atoms with E-state index in [1.54, 1.807) is 22.3 Å². The Morgan fingerprint density at radius 1 is 1.15 bits per heavy atom. The fourth-order valence-electron chi connectivity index (χ4n) is 3.42. The van der Waals surface area contributed by atoms with Crippen molar-refractivity contribution in [3.8, 4) is 5.75 Å². The molecular formula is C19H24N6OS. The third kappa shape index (κ3) is 4.17. The predicted octanol–water partition coefficient (Wildman–Crippen LogP) is 3.34. The molecule has 1 aliphatic rings. The lowest BCUT2D eigenvalue weighted by atomic mass is 9.97. The smallest absolute Gasteiger partial charge is 0.238 e. The van der Waals surface area contributed by atoms with Gasteiger partial charge in [0.1, 0.15) is 17.8 Å². The quantitative estimate of drug-likeness (QED) is 0.649. The number of likely N-dealkylation sites (tertiary alicyclic amines) is 1. The van der Waals surface area contributed by atoms with Crippen molar-refractivity contribution in [2.24, 2.45) is 0 Å². The number of benzene rings is 1. The number of hydrogen-bond donors (Lipinski definition) is 0. The monoisotopic (exact) mass is 384 g/mol. The van der Waals surface area contributed by atoms with Gasteiger partial charge in [-0.25, -0.2) is 4.98 Å². The van der Waals surface area contributed by atoms with Crippen LogP contribution in [0.1, 0.15) is 49.5 Å². The van der Waals surface area contributed by atoms with Crippen LogP contribution in [0.4, 0.5) is 0 Å². The third-order valence-electron chi connectivity index (χ3n) is 5.00. The molecule has 0 radical (unpaired) electrons. The SMILES string of the molecule is CC(C)N1CCC(c2nc(C(Oc3ccccc3)n3cnnn3)cs2)CC1. The van der Waals surface area contributed by atoms with Crippen LogP contribution in [0.2, 0.25) is 0 Å². The number of hydrogen-bond acceptors (Lipinski definition) is 7. The maximum atomic E-state index is 6.15. The molecule has 1 aromatic carbocycles. The summed E-state index contributed by atoms with van der Waals surface area (Å²) in [6, 6.07) is 10.3. The van der Waals surface area contributed by atoms with Gasteiger partial charge in [0.2, 0.25) is 6.23 Å². The van der Waals surface area contributed by atoms with Gasteiger partial charge in [-0.3, -0.25) is 0 Å². The zero-order valence-corrected chi connectivity index (χ0v) is 16.4. The molecule has 1 atom stereocenters. The molecule has 0 saturated carbocycles. The van der Waals surface area contributed by atoms with Crippen LogP contribution in [-0.2, 0) is 0 Å². The van der Waals surface area contributed by atoms with Gasteiger partial charge in [-0.2, -0.15) is 4.68 Å². The van der Waals surface area contributed by atoms with E-state index in [0.717, 1.165) is 37.4 Å². The van der Waals surface area contributed by atoms with Gasteiger partial charge in [-0.15, -0.1) is 16.4 Å². The van der Waals surface area contributed by atoms with E-state index in [0.29, 0.717) is 12.0 Å². The highest BCUT2D eigenvalue weighted by molar-refractivity contribution is 7.09. The van der Waals surface area contributed by atoms with E-state index < -0.39 is 6.23 Å². The molecule has 4 rings (SSSR count). The van der Waals surface area contributed by atoms with Crippen LogP contribution in [0.25, 0.3) is 0 Å². The van der Waals surface area contributed by atoms with Gasteiger partial charge < -0.3 is 9.64 Å². The predicted molar refractivity (Wildman–Crippen MR) is 104 cm³/mol. The van der Waals surface area contributed by atoms with Crippen LogP contribution < -0.4 is 4.74 Å². The Morgan fingerprint density at radius 3 is 2.59 bits per heavy atom. The number of piperidine rings is 1. The first-order valence-corrected chi connectivity index (χ1v) is 10.2. The van der Waals surface area contributed by atoms with Crippen LogP contribution in [0.3, 0.4) is 0 Å². The van der Waals surface area contributed by atoms with Crippen molar-refractivity contribution in [3.05, 3.63) is 52.7 Å². The van der Waals surface area contributed by atoms with Gasteiger partial charge in [-0.05, 0) is 62.3 Å². The largest absolute Gasteiger partial charge is 0.463 e. The van der Waals surface area contributed by atoms with Gasteiger partial charge in [0.15, 0.2) is 0 Å².